The van der Waals surface area contributed by atoms with Gasteiger partial charge in [-0.25, -0.2) is 4.68 Å². The first-order valence-electron chi connectivity index (χ1n) is 6.56. The summed E-state index contributed by atoms with van der Waals surface area (Å²) in [4.78, 5) is 11.7. The Morgan fingerprint density at radius 1 is 1.19 bits per heavy atom. The van der Waals surface area contributed by atoms with Gasteiger partial charge in [0.1, 0.15) is 5.69 Å². The molecule has 0 saturated heterocycles. The topological polar surface area (TPSA) is 73.0 Å². The standard InChI is InChI=1S/C15H14N4O2/c20-15(14-7-4-8-21-14)16-9-13-11-19(18-17-13)10-12-5-2-1-3-6-12/h1-8,11H,9-10H2,(H,16,20). The van der Waals surface area contributed by atoms with Crippen molar-refractivity contribution in [3.8, 4) is 0 Å². The van der Waals surface area contributed by atoms with E-state index < -0.39 is 0 Å². The smallest absolute Gasteiger partial charge is 0.287 e. The number of nitrogens with one attached hydrogen (secondary N) is 1. The largest absolute Gasteiger partial charge is 0.459 e. The molecule has 0 spiro atoms. The Bertz CT molecular complexity index is 704. The SMILES string of the molecule is O=C(NCc1cn(Cc2ccccc2)nn1)c1ccco1. The predicted octanol–water partition coefficient (Wildman–Crippen LogP) is 1.85. The zero-order chi connectivity index (χ0) is 14.5. The van der Waals surface area contributed by atoms with Crippen LogP contribution in [0.15, 0.2) is 59.3 Å². The maximum atomic E-state index is 11.7. The van der Waals surface area contributed by atoms with Gasteiger partial charge in [0.25, 0.3) is 5.91 Å². The van der Waals surface area contributed by atoms with Crippen molar-refractivity contribution in [2.45, 2.75) is 13.1 Å². The van der Waals surface area contributed by atoms with E-state index in [2.05, 4.69) is 15.6 Å². The summed E-state index contributed by atoms with van der Waals surface area (Å²) in [6.45, 7) is 0.967. The van der Waals surface area contributed by atoms with E-state index in [9.17, 15) is 4.79 Å². The molecule has 0 aliphatic carbocycles. The summed E-state index contributed by atoms with van der Waals surface area (Å²) in [6.07, 6.45) is 3.28. The number of rotatable bonds is 5. The van der Waals surface area contributed by atoms with Gasteiger partial charge in [-0.3, -0.25) is 4.79 Å². The zero-order valence-corrected chi connectivity index (χ0v) is 11.3. The third-order valence-corrected chi connectivity index (χ3v) is 2.95. The second-order valence-corrected chi connectivity index (χ2v) is 4.55. The number of hydrogen-bond donors (Lipinski definition) is 1. The summed E-state index contributed by atoms with van der Waals surface area (Å²) in [7, 11) is 0. The monoisotopic (exact) mass is 282 g/mol. The summed E-state index contributed by atoms with van der Waals surface area (Å²) in [5.41, 5.74) is 1.85. The van der Waals surface area contributed by atoms with E-state index in [0.717, 1.165) is 5.56 Å². The van der Waals surface area contributed by atoms with E-state index in [0.29, 0.717) is 18.8 Å². The lowest BCUT2D eigenvalue weighted by molar-refractivity contribution is 0.0922. The van der Waals surface area contributed by atoms with Crippen LogP contribution in [-0.2, 0) is 13.1 Å². The molecular weight excluding hydrogens is 268 g/mol. The average Bonchev–Trinajstić information content (AvgIpc) is 3.17. The van der Waals surface area contributed by atoms with Gasteiger partial charge in [0.15, 0.2) is 5.76 Å². The van der Waals surface area contributed by atoms with Crippen molar-refractivity contribution in [1.82, 2.24) is 20.3 Å². The first kappa shape index (κ1) is 13.1. The van der Waals surface area contributed by atoms with E-state index in [1.807, 2.05) is 36.5 Å². The lowest BCUT2D eigenvalue weighted by atomic mass is 10.2. The van der Waals surface area contributed by atoms with Gasteiger partial charge in [0, 0.05) is 0 Å². The van der Waals surface area contributed by atoms with Crippen LogP contribution in [-0.4, -0.2) is 20.9 Å². The number of aromatic nitrogens is 3. The molecule has 1 N–H and O–H groups in total. The highest BCUT2D eigenvalue weighted by Crippen LogP contribution is 2.03. The lowest BCUT2D eigenvalue weighted by Gasteiger charge is -2.00. The second-order valence-electron chi connectivity index (χ2n) is 4.55. The molecule has 6 nitrogen and oxygen atoms in total. The van der Waals surface area contributed by atoms with Gasteiger partial charge < -0.3 is 9.73 Å². The van der Waals surface area contributed by atoms with Gasteiger partial charge >= 0.3 is 0 Å². The van der Waals surface area contributed by atoms with Crippen molar-refractivity contribution >= 4 is 5.91 Å². The van der Waals surface area contributed by atoms with E-state index in [4.69, 9.17) is 4.42 Å². The van der Waals surface area contributed by atoms with Crippen LogP contribution in [0.3, 0.4) is 0 Å². The molecule has 0 aliphatic rings. The first-order valence-corrected chi connectivity index (χ1v) is 6.56. The Labute approximate surface area is 121 Å². The molecule has 0 saturated carbocycles. The van der Waals surface area contributed by atoms with Gasteiger partial charge in [-0.15, -0.1) is 5.10 Å². The third-order valence-electron chi connectivity index (χ3n) is 2.95. The van der Waals surface area contributed by atoms with Gasteiger partial charge in [-0.1, -0.05) is 35.5 Å². The van der Waals surface area contributed by atoms with E-state index in [1.54, 1.807) is 16.8 Å². The molecule has 2 aromatic heterocycles. The van der Waals surface area contributed by atoms with Gasteiger partial charge in [-0.2, -0.15) is 0 Å². The number of amides is 1. The van der Waals surface area contributed by atoms with E-state index in [1.165, 1.54) is 6.26 Å². The summed E-state index contributed by atoms with van der Waals surface area (Å²) in [6, 6.07) is 13.3. The summed E-state index contributed by atoms with van der Waals surface area (Å²) >= 11 is 0. The Morgan fingerprint density at radius 2 is 2.05 bits per heavy atom. The molecule has 0 atom stereocenters. The first-order chi connectivity index (χ1) is 10.3. The molecule has 21 heavy (non-hydrogen) atoms. The molecule has 3 aromatic rings. The number of carbonyl (C=O) groups excluding carboxylic acids is 1. The molecule has 3 rings (SSSR count). The van der Waals surface area contributed by atoms with Crippen molar-refractivity contribution in [2.24, 2.45) is 0 Å². The van der Waals surface area contributed by atoms with Crippen molar-refractivity contribution in [2.75, 3.05) is 0 Å². The Kier molecular flexibility index (Phi) is 3.77. The van der Waals surface area contributed by atoms with Crippen LogP contribution in [0.25, 0.3) is 0 Å². The van der Waals surface area contributed by atoms with Crippen molar-refractivity contribution < 1.29 is 9.21 Å². The fraction of sp³-hybridized carbons (Fsp3) is 0.133. The van der Waals surface area contributed by atoms with Crippen LogP contribution in [0.1, 0.15) is 21.8 Å². The average molecular weight is 282 g/mol. The number of nitrogens with zero attached hydrogens (tertiary/aromatic N) is 3. The number of furan rings is 1. The van der Waals surface area contributed by atoms with Crippen molar-refractivity contribution in [1.29, 1.82) is 0 Å². The Hall–Kier alpha value is -2.89. The molecule has 0 radical (unpaired) electrons. The van der Waals surface area contributed by atoms with Gasteiger partial charge in [-0.05, 0) is 17.7 Å². The predicted molar refractivity (Wildman–Crippen MR) is 75.4 cm³/mol. The van der Waals surface area contributed by atoms with Gasteiger partial charge in [0.05, 0.1) is 25.5 Å². The maximum absolute atomic E-state index is 11.7. The van der Waals surface area contributed by atoms with Crippen LogP contribution in [0.2, 0.25) is 0 Å². The number of benzene rings is 1. The molecule has 0 bridgehead atoms. The summed E-state index contributed by atoms with van der Waals surface area (Å²) < 4.78 is 6.75. The molecule has 0 unspecified atom stereocenters. The summed E-state index contributed by atoms with van der Waals surface area (Å²) in [5.74, 6) is 0.0179. The highest BCUT2D eigenvalue weighted by molar-refractivity contribution is 5.91. The van der Waals surface area contributed by atoms with Crippen molar-refractivity contribution in [3.63, 3.8) is 0 Å². The lowest BCUT2D eigenvalue weighted by Crippen LogP contribution is -2.22. The van der Waals surface area contributed by atoms with E-state index in [-0.39, 0.29) is 11.7 Å². The molecule has 1 amide bonds. The van der Waals surface area contributed by atoms with Crippen LogP contribution >= 0.6 is 0 Å². The molecule has 2 heterocycles. The van der Waals surface area contributed by atoms with Crippen molar-refractivity contribution in [3.05, 3.63) is 71.9 Å². The molecule has 1 aromatic carbocycles. The van der Waals surface area contributed by atoms with Crippen LogP contribution in [0.4, 0.5) is 0 Å². The highest BCUT2D eigenvalue weighted by Gasteiger charge is 2.09. The third kappa shape index (κ3) is 3.36. The van der Waals surface area contributed by atoms with Crippen LogP contribution in [0, 0.1) is 0 Å². The molecule has 106 valence electrons. The van der Waals surface area contributed by atoms with Gasteiger partial charge in [0.2, 0.25) is 0 Å². The quantitative estimate of drug-likeness (QED) is 0.775. The molecule has 6 heteroatoms. The number of hydrogen-bond acceptors (Lipinski definition) is 4. The minimum atomic E-state index is -0.266. The highest BCUT2D eigenvalue weighted by atomic mass is 16.3. The number of carbonyl (C=O) groups is 1. The second kappa shape index (κ2) is 6.04. The molecule has 0 fully saturated rings. The fourth-order valence-corrected chi connectivity index (χ4v) is 1.93. The minimum Gasteiger partial charge on any atom is -0.459 e. The maximum Gasteiger partial charge on any atom is 0.287 e. The molecule has 0 aliphatic heterocycles. The molecular formula is C15H14N4O2. The van der Waals surface area contributed by atoms with E-state index >= 15 is 0 Å². The normalized spacial score (nSPS) is 10.5. The Morgan fingerprint density at radius 3 is 2.81 bits per heavy atom. The fourth-order valence-electron chi connectivity index (χ4n) is 1.93. The zero-order valence-electron chi connectivity index (χ0n) is 11.3. The summed E-state index contributed by atoms with van der Waals surface area (Å²) in [5, 5.41) is 10.8. The minimum absolute atomic E-state index is 0.266. The van der Waals surface area contributed by atoms with Crippen LogP contribution in [0.5, 0.6) is 0 Å². The Balaban J connectivity index is 1.57. The van der Waals surface area contributed by atoms with Crippen LogP contribution < -0.4 is 5.32 Å².